The van der Waals surface area contributed by atoms with Crippen molar-refractivity contribution in [2.24, 2.45) is 11.7 Å². The standard InChI is InChI=1S/C10H14N2O4/c11-10(15)12-8(13)6-16-9(14)7-4-2-1-3-5-7/h1-2,7H,3-6H2,(H3,11,12,13,15)/t7-/m1/s1. The molecule has 0 spiro atoms. The molecule has 16 heavy (non-hydrogen) atoms. The molecule has 88 valence electrons. The average Bonchev–Trinajstić information content (AvgIpc) is 2.26. The zero-order valence-corrected chi connectivity index (χ0v) is 8.77. The van der Waals surface area contributed by atoms with Crippen LogP contribution in [-0.2, 0) is 14.3 Å². The lowest BCUT2D eigenvalue weighted by Crippen LogP contribution is -2.38. The summed E-state index contributed by atoms with van der Waals surface area (Å²) in [5, 5.41) is 1.81. The quantitative estimate of drug-likeness (QED) is 0.526. The number of carbonyl (C=O) groups excluding carboxylic acids is 3. The van der Waals surface area contributed by atoms with Crippen molar-refractivity contribution in [2.75, 3.05) is 6.61 Å². The fourth-order valence-corrected chi connectivity index (χ4v) is 1.44. The number of carbonyl (C=O) groups is 3. The van der Waals surface area contributed by atoms with Crippen molar-refractivity contribution < 1.29 is 19.1 Å². The summed E-state index contributed by atoms with van der Waals surface area (Å²) in [6.07, 6.45) is 6.12. The van der Waals surface area contributed by atoms with E-state index in [1.165, 1.54) is 0 Å². The highest BCUT2D eigenvalue weighted by molar-refractivity contribution is 5.94. The van der Waals surface area contributed by atoms with Crippen LogP contribution in [-0.4, -0.2) is 24.5 Å². The van der Waals surface area contributed by atoms with Crippen molar-refractivity contribution in [3.8, 4) is 0 Å². The van der Waals surface area contributed by atoms with E-state index < -0.39 is 24.5 Å². The number of primary amides is 1. The first kappa shape index (κ1) is 12.2. The Bertz CT molecular complexity index is 325. The van der Waals surface area contributed by atoms with E-state index in [1.807, 2.05) is 17.5 Å². The Morgan fingerprint density at radius 1 is 1.38 bits per heavy atom. The molecule has 0 saturated carbocycles. The minimum absolute atomic E-state index is 0.189. The van der Waals surface area contributed by atoms with Crippen LogP contribution in [0.15, 0.2) is 12.2 Å². The number of urea groups is 1. The number of imide groups is 1. The molecule has 0 aromatic carbocycles. The predicted molar refractivity (Wildman–Crippen MR) is 55.2 cm³/mol. The Hall–Kier alpha value is -1.85. The maximum Gasteiger partial charge on any atom is 0.318 e. The molecular weight excluding hydrogens is 212 g/mol. The summed E-state index contributed by atoms with van der Waals surface area (Å²) in [6.45, 7) is -0.470. The van der Waals surface area contributed by atoms with Gasteiger partial charge in [0.1, 0.15) is 0 Å². The lowest BCUT2D eigenvalue weighted by atomic mass is 9.95. The minimum Gasteiger partial charge on any atom is -0.455 e. The molecule has 0 aliphatic heterocycles. The van der Waals surface area contributed by atoms with Gasteiger partial charge in [0.25, 0.3) is 5.91 Å². The van der Waals surface area contributed by atoms with E-state index >= 15 is 0 Å². The van der Waals surface area contributed by atoms with Crippen LogP contribution in [0.3, 0.4) is 0 Å². The molecule has 0 heterocycles. The van der Waals surface area contributed by atoms with Crippen molar-refractivity contribution in [2.45, 2.75) is 19.3 Å². The molecule has 0 aromatic rings. The van der Waals surface area contributed by atoms with Gasteiger partial charge in [0.15, 0.2) is 6.61 Å². The molecule has 6 nitrogen and oxygen atoms in total. The van der Waals surface area contributed by atoms with Gasteiger partial charge in [-0.15, -0.1) is 0 Å². The SMILES string of the molecule is NC(=O)NC(=O)COC(=O)[C@@H]1CC=CCC1. The van der Waals surface area contributed by atoms with Gasteiger partial charge < -0.3 is 10.5 Å². The number of nitrogens with two attached hydrogens (primary N) is 1. The van der Waals surface area contributed by atoms with Crippen molar-refractivity contribution >= 4 is 17.9 Å². The van der Waals surface area contributed by atoms with Gasteiger partial charge in [-0.3, -0.25) is 14.9 Å². The molecular formula is C10H14N2O4. The lowest BCUT2D eigenvalue weighted by Gasteiger charge is -2.15. The molecule has 1 aliphatic carbocycles. The van der Waals surface area contributed by atoms with Crippen molar-refractivity contribution in [3.63, 3.8) is 0 Å². The van der Waals surface area contributed by atoms with Crippen LogP contribution in [0, 0.1) is 5.92 Å². The number of amides is 3. The monoisotopic (exact) mass is 226 g/mol. The third-order valence-electron chi connectivity index (χ3n) is 2.21. The van der Waals surface area contributed by atoms with Gasteiger partial charge >= 0.3 is 12.0 Å². The van der Waals surface area contributed by atoms with E-state index in [0.29, 0.717) is 6.42 Å². The van der Waals surface area contributed by atoms with Gasteiger partial charge in [-0.05, 0) is 19.3 Å². The van der Waals surface area contributed by atoms with Crippen LogP contribution in [0.2, 0.25) is 0 Å². The van der Waals surface area contributed by atoms with E-state index in [2.05, 4.69) is 0 Å². The first-order chi connectivity index (χ1) is 7.59. The molecule has 1 aliphatic rings. The fourth-order valence-electron chi connectivity index (χ4n) is 1.44. The Balaban J connectivity index is 2.26. The van der Waals surface area contributed by atoms with E-state index in [4.69, 9.17) is 10.5 Å². The van der Waals surface area contributed by atoms with E-state index in [1.54, 1.807) is 0 Å². The van der Waals surface area contributed by atoms with Crippen molar-refractivity contribution in [1.82, 2.24) is 5.32 Å². The summed E-state index contributed by atoms with van der Waals surface area (Å²) < 4.78 is 4.75. The van der Waals surface area contributed by atoms with Gasteiger partial charge in [0, 0.05) is 0 Å². The summed E-state index contributed by atoms with van der Waals surface area (Å²) in [7, 11) is 0. The average molecular weight is 226 g/mol. The largest absolute Gasteiger partial charge is 0.455 e. The van der Waals surface area contributed by atoms with Gasteiger partial charge in [-0.25, -0.2) is 4.79 Å². The van der Waals surface area contributed by atoms with E-state index in [0.717, 1.165) is 12.8 Å². The van der Waals surface area contributed by atoms with Crippen LogP contribution in [0.25, 0.3) is 0 Å². The highest BCUT2D eigenvalue weighted by atomic mass is 16.5. The molecule has 6 heteroatoms. The van der Waals surface area contributed by atoms with Crippen molar-refractivity contribution in [1.29, 1.82) is 0 Å². The van der Waals surface area contributed by atoms with Crippen LogP contribution >= 0.6 is 0 Å². The third kappa shape index (κ3) is 4.12. The topological polar surface area (TPSA) is 98.5 Å². The lowest BCUT2D eigenvalue weighted by molar-refractivity contribution is -0.152. The van der Waals surface area contributed by atoms with Crippen LogP contribution < -0.4 is 11.1 Å². The third-order valence-corrected chi connectivity index (χ3v) is 2.21. The molecule has 0 saturated heterocycles. The van der Waals surface area contributed by atoms with E-state index in [-0.39, 0.29) is 5.92 Å². The predicted octanol–water partition coefficient (Wildman–Crippen LogP) is 0.0808. The molecule has 1 rings (SSSR count). The maximum atomic E-state index is 11.4. The van der Waals surface area contributed by atoms with Crippen LogP contribution in [0.5, 0.6) is 0 Å². The number of hydrogen-bond donors (Lipinski definition) is 2. The van der Waals surface area contributed by atoms with Crippen LogP contribution in [0.1, 0.15) is 19.3 Å². The number of allylic oxidation sites excluding steroid dienone is 2. The number of hydrogen-bond acceptors (Lipinski definition) is 4. The maximum absolute atomic E-state index is 11.4. The van der Waals surface area contributed by atoms with Gasteiger partial charge in [-0.2, -0.15) is 0 Å². The second-order valence-electron chi connectivity index (χ2n) is 3.50. The zero-order valence-electron chi connectivity index (χ0n) is 8.77. The molecule has 3 amide bonds. The Morgan fingerprint density at radius 3 is 2.69 bits per heavy atom. The Labute approximate surface area is 92.8 Å². The molecule has 1 atom stereocenters. The number of ether oxygens (including phenoxy) is 1. The molecule has 0 radical (unpaired) electrons. The highest BCUT2D eigenvalue weighted by Gasteiger charge is 2.21. The van der Waals surface area contributed by atoms with Gasteiger partial charge in [-0.1, -0.05) is 12.2 Å². The first-order valence-corrected chi connectivity index (χ1v) is 5.00. The number of esters is 1. The molecule has 0 bridgehead atoms. The normalized spacial score (nSPS) is 18.9. The number of nitrogens with one attached hydrogen (secondary N) is 1. The highest BCUT2D eigenvalue weighted by Crippen LogP contribution is 2.19. The molecule has 0 aromatic heterocycles. The summed E-state index contributed by atoms with van der Waals surface area (Å²) >= 11 is 0. The van der Waals surface area contributed by atoms with Crippen molar-refractivity contribution in [3.05, 3.63) is 12.2 Å². The molecule has 0 unspecified atom stereocenters. The summed E-state index contributed by atoms with van der Waals surface area (Å²) in [5.41, 5.74) is 4.72. The minimum atomic E-state index is -0.957. The number of rotatable bonds is 3. The Kier molecular flexibility index (Phi) is 4.50. The van der Waals surface area contributed by atoms with E-state index in [9.17, 15) is 14.4 Å². The first-order valence-electron chi connectivity index (χ1n) is 5.00. The molecule has 3 N–H and O–H groups in total. The summed E-state index contributed by atoms with van der Waals surface area (Å²) in [6, 6.07) is -0.957. The molecule has 0 fully saturated rings. The summed E-state index contributed by atoms with van der Waals surface area (Å²) in [4.78, 5) is 32.7. The second kappa shape index (κ2) is 5.89. The summed E-state index contributed by atoms with van der Waals surface area (Å²) in [5.74, 6) is -1.32. The van der Waals surface area contributed by atoms with Crippen LogP contribution in [0.4, 0.5) is 4.79 Å². The Morgan fingerprint density at radius 2 is 2.12 bits per heavy atom. The van der Waals surface area contributed by atoms with Gasteiger partial charge in [0.05, 0.1) is 5.92 Å². The smallest absolute Gasteiger partial charge is 0.318 e. The van der Waals surface area contributed by atoms with Gasteiger partial charge in [0.2, 0.25) is 0 Å². The fraction of sp³-hybridized carbons (Fsp3) is 0.500. The second-order valence-corrected chi connectivity index (χ2v) is 3.50. The zero-order chi connectivity index (χ0) is 12.0.